The molecule has 8 nitrogen and oxygen atoms in total. The number of benzene rings is 2. The second kappa shape index (κ2) is 8.37. The van der Waals surface area contributed by atoms with Crippen molar-refractivity contribution in [1.82, 2.24) is 19.3 Å². The molecular formula is C25H26N4O4. The number of hydrogen-bond donors (Lipinski definition) is 1. The van der Waals surface area contributed by atoms with E-state index in [-0.39, 0.29) is 24.2 Å². The first-order chi connectivity index (χ1) is 16.0. The highest BCUT2D eigenvalue weighted by atomic mass is 16.5. The van der Waals surface area contributed by atoms with Gasteiger partial charge in [0.15, 0.2) is 5.78 Å². The van der Waals surface area contributed by atoms with Crippen LogP contribution < -0.4 is 9.47 Å². The molecule has 2 atom stereocenters. The number of nitrogens with zero attached hydrogens (tertiary/aromatic N) is 4. The molecule has 0 bridgehead atoms. The normalized spacial score (nSPS) is 17.3. The number of methoxy groups -OCH3 is 2. The Morgan fingerprint density at radius 1 is 1.12 bits per heavy atom. The van der Waals surface area contributed by atoms with Crippen LogP contribution in [0, 0.1) is 11.8 Å². The van der Waals surface area contributed by atoms with Crippen molar-refractivity contribution < 1.29 is 19.4 Å². The average Bonchev–Trinajstić information content (AvgIpc) is 3.22. The molecule has 0 unspecified atom stereocenters. The van der Waals surface area contributed by atoms with E-state index in [9.17, 15) is 9.90 Å². The molecule has 1 aliphatic carbocycles. The van der Waals surface area contributed by atoms with Crippen LogP contribution in [0.15, 0.2) is 49.1 Å². The van der Waals surface area contributed by atoms with Crippen molar-refractivity contribution in [3.63, 3.8) is 0 Å². The lowest BCUT2D eigenvalue weighted by Crippen LogP contribution is -2.08. The fourth-order valence-electron chi connectivity index (χ4n) is 4.40. The molecular weight excluding hydrogens is 420 g/mol. The lowest BCUT2D eigenvalue weighted by atomic mass is 10.0. The monoisotopic (exact) mass is 446 g/mol. The Kier molecular flexibility index (Phi) is 5.38. The Bertz CT molecular complexity index is 1310. The van der Waals surface area contributed by atoms with Crippen molar-refractivity contribution >= 4 is 16.8 Å². The minimum atomic E-state index is -0.0344. The predicted molar refractivity (Wildman–Crippen MR) is 124 cm³/mol. The summed E-state index contributed by atoms with van der Waals surface area (Å²) in [7, 11) is 4.99. The first-order valence-corrected chi connectivity index (χ1v) is 10.9. The molecule has 4 aromatic rings. The van der Waals surface area contributed by atoms with Crippen molar-refractivity contribution in [2.45, 2.75) is 12.8 Å². The van der Waals surface area contributed by atoms with Crippen LogP contribution in [0.3, 0.4) is 0 Å². The summed E-state index contributed by atoms with van der Waals surface area (Å²) in [5.41, 5.74) is 5.07. The molecule has 5 rings (SSSR count). The van der Waals surface area contributed by atoms with Gasteiger partial charge in [0.1, 0.15) is 23.4 Å². The Balaban J connectivity index is 1.52. The SMILES string of the molecule is COc1cc(-n2cnc3cc(-c4cnn(C)c4)ccc32)cc(OC)c1C(=O)C[C@@H]1C[C@H]1CO. The van der Waals surface area contributed by atoms with E-state index in [0.29, 0.717) is 23.5 Å². The number of hydrogen-bond acceptors (Lipinski definition) is 6. The molecule has 170 valence electrons. The lowest BCUT2D eigenvalue weighted by Gasteiger charge is -2.15. The topological polar surface area (TPSA) is 91.4 Å². The third kappa shape index (κ3) is 3.87. The zero-order valence-electron chi connectivity index (χ0n) is 18.9. The Morgan fingerprint density at radius 2 is 1.88 bits per heavy atom. The molecule has 2 heterocycles. The summed E-state index contributed by atoms with van der Waals surface area (Å²) in [6.45, 7) is 0.126. The minimum Gasteiger partial charge on any atom is -0.496 e. The van der Waals surface area contributed by atoms with E-state index in [0.717, 1.165) is 34.3 Å². The number of aliphatic hydroxyl groups excluding tert-OH is 1. The van der Waals surface area contributed by atoms with Crippen LogP contribution >= 0.6 is 0 Å². The van der Waals surface area contributed by atoms with Gasteiger partial charge in [-0.05, 0) is 36.0 Å². The minimum absolute atomic E-state index is 0.0344. The largest absolute Gasteiger partial charge is 0.496 e. The molecule has 0 radical (unpaired) electrons. The molecule has 0 saturated heterocycles. The fourth-order valence-corrected chi connectivity index (χ4v) is 4.40. The van der Waals surface area contributed by atoms with E-state index >= 15 is 0 Å². The molecule has 2 aromatic carbocycles. The maximum Gasteiger partial charge on any atom is 0.170 e. The highest BCUT2D eigenvalue weighted by Crippen LogP contribution is 2.43. The van der Waals surface area contributed by atoms with Crippen LogP contribution in [0.25, 0.3) is 27.8 Å². The Labute approximate surface area is 191 Å². The van der Waals surface area contributed by atoms with E-state index in [4.69, 9.17) is 9.47 Å². The van der Waals surface area contributed by atoms with Crippen molar-refractivity contribution in [3.8, 4) is 28.3 Å². The van der Waals surface area contributed by atoms with Crippen molar-refractivity contribution in [1.29, 1.82) is 0 Å². The number of Topliss-reactive ketones (excluding diaryl/α,β-unsaturated/α-hetero) is 1. The van der Waals surface area contributed by atoms with Crippen molar-refractivity contribution in [2.75, 3.05) is 20.8 Å². The number of imidazole rings is 1. The summed E-state index contributed by atoms with van der Waals surface area (Å²) in [6.07, 6.45) is 6.81. The summed E-state index contributed by atoms with van der Waals surface area (Å²) >= 11 is 0. The second-order valence-electron chi connectivity index (χ2n) is 8.51. The van der Waals surface area contributed by atoms with E-state index < -0.39 is 0 Å². The first kappa shape index (κ1) is 21.2. The number of aryl methyl sites for hydroxylation is 1. The van der Waals surface area contributed by atoms with Gasteiger partial charge < -0.3 is 14.6 Å². The summed E-state index contributed by atoms with van der Waals surface area (Å²) < 4.78 is 14.9. The standard InChI is InChI=1S/C25H26N4O4/c1-28-12-18(11-27-28)15-4-5-21-20(7-15)26-14-29(21)19-9-23(32-2)25(24(10-19)33-3)22(31)8-16-6-17(16)13-30/h4-5,7,9-12,14,16-17,30H,6,8,13H2,1-3H3/t16-,17-/m0/s1. The van der Waals surface area contributed by atoms with Crippen LogP contribution in [-0.4, -0.2) is 51.0 Å². The van der Waals surface area contributed by atoms with Crippen LogP contribution in [0.2, 0.25) is 0 Å². The zero-order chi connectivity index (χ0) is 23.1. The van der Waals surface area contributed by atoms with Gasteiger partial charge in [-0.2, -0.15) is 5.10 Å². The van der Waals surface area contributed by atoms with Gasteiger partial charge in [-0.25, -0.2) is 4.98 Å². The number of aromatic nitrogens is 4. The van der Waals surface area contributed by atoms with Gasteiger partial charge >= 0.3 is 0 Å². The van der Waals surface area contributed by atoms with Crippen LogP contribution in [0.5, 0.6) is 11.5 Å². The molecule has 1 N–H and O–H groups in total. The molecule has 2 aromatic heterocycles. The quantitative estimate of drug-likeness (QED) is 0.416. The molecule has 1 saturated carbocycles. The Hall–Kier alpha value is -3.65. The lowest BCUT2D eigenvalue weighted by molar-refractivity contribution is 0.0966. The van der Waals surface area contributed by atoms with E-state index in [1.54, 1.807) is 25.2 Å². The molecule has 0 amide bonds. The highest BCUT2D eigenvalue weighted by Gasteiger charge is 2.38. The molecule has 0 aliphatic heterocycles. The summed E-state index contributed by atoms with van der Waals surface area (Å²) in [6, 6.07) is 9.76. The number of ether oxygens (including phenoxy) is 2. The average molecular weight is 447 g/mol. The number of aliphatic hydroxyl groups is 1. The van der Waals surface area contributed by atoms with E-state index in [1.807, 2.05) is 54.3 Å². The van der Waals surface area contributed by atoms with Crippen molar-refractivity contribution in [2.24, 2.45) is 18.9 Å². The third-order valence-electron chi connectivity index (χ3n) is 6.38. The van der Waals surface area contributed by atoms with Crippen molar-refractivity contribution in [3.05, 3.63) is 54.6 Å². The predicted octanol–water partition coefficient (Wildman–Crippen LogP) is 3.64. The van der Waals surface area contributed by atoms with Gasteiger partial charge in [0, 0.05) is 44.0 Å². The van der Waals surface area contributed by atoms with Gasteiger partial charge in [0.2, 0.25) is 0 Å². The summed E-state index contributed by atoms with van der Waals surface area (Å²) in [5, 5.41) is 13.5. The molecule has 33 heavy (non-hydrogen) atoms. The van der Waals surface area contributed by atoms with Gasteiger partial charge in [0.05, 0.1) is 37.1 Å². The smallest absolute Gasteiger partial charge is 0.170 e. The number of carbonyl (C=O) groups excluding carboxylic acids is 1. The molecule has 1 aliphatic rings. The molecule has 0 spiro atoms. The number of ketones is 1. The summed E-state index contributed by atoms with van der Waals surface area (Å²) in [5.74, 6) is 1.34. The first-order valence-electron chi connectivity index (χ1n) is 10.9. The third-order valence-corrected chi connectivity index (χ3v) is 6.38. The number of carbonyl (C=O) groups is 1. The highest BCUT2D eigenvalue weighted by molar-refractivity contribution is 6.02. The number of fused-ring (bicyclic) bond motifs is 1. The van der Waals surface area contributed by atoms with Crippen LogP contribution in [0.4, 0.5) is 0 Å². The van der Waals surface area contributed by atoms with E-state index in [2.05, 4.69) is 10.1 Å². The summed E-state index contributed by atoms with van der Waals surface area (Å²) in [4.78, 5) is 17.6. The van der Waals surface area contributed by atoms with Crippen LogP contribution in [0.1, 0.15) is 23.2 Å². The van der Waals surface area contributed by atoms with Crippen LogP contribution in [-0.2, 0) is 7.05 Å². The van der Waals surface area contributed by atoms with E-state index in [1.165, 1.54) is 0 Å². The van der Waals surface area contributed by atoms with Gasteiger partial charge in [-0.3, -0.25) is 14.0 Å². The van der Waals surface area contributed by atoms with Gasteiger partial charge in [-0.1, -0.05) is 6.07 Å². The maximum absolute atomic E-state index is 13.0. The van der Waals surface area contributed by atoms with Gasteiger partial charge in [0.25, 0.3) is 0 Å². The zero-order valence-corrected chi connectivity index (χ0v) is 18.9. The fraction of sp³-hybridized carbons (Fsp3) is 0.320. The molecule has 8 heteroatoms. The maximum atomic E-state index is 13.0. The Morgan fingerprint density at radius 3 is 2.48 bits per heavy atom. The number of rotatable bonds is 8. The second-order valence-corrected chi connectivity index (χ2v) is 8.51. The molecule has 1 fully saturated rings. The van der Waals surface area contributed by atoms with Gasteiger partial charge in [-0.15, -0.1) is 0 Å².